The summed E-state index contributed by atoms with van der Waals surface area (Å²) in [6.45, 7) is 9.99. The maximum absolute atomic E-state index is 13.1. The highest BCUT2D eigenvalue weighted by Crippen LogP contribution is 2.16. The highest BCUT2D eigenvalue weighted by Gasteiger charge is 2.29. The Hall–Kier alpha value is -2.82. The normalized spacial score (nSPS) is 11.8. The first-order valence-corrected chi connectivity index (χ1v) is 10.1. The topological polar surface area (TPSA) is 58.6 Å². The Morgan fingerprint density at radius 1 is 1.03 bits per heavy atom. The second kappa shape index (κ2) is 10.6. The average Bonchev–Trinajstić information content (AvgIpc) is 2.65. The molecule has 0 heterocycles. The zero-order chi connectivity index (χ0) is 21.4. The van der Waals surface area contributed by atoms with E-state index < -0.39 is 6.04 Å². The number of carbonyl (C=O) groups excluding carboxylic acids is 2. The quantitative estimate of drug-likeness (QED) is 0.697. The Labute approximate surface area is 174 Å². The van der Waals surface area contributed by atoms with E-state index in [4.69, 9.17) is 4.74 Å². The fraction of sp³-hybridized carbons (Fsp3) is 0.417. The largest absolute Gasteiger partial charge is 0.484 e. The Kier molecular flexibility index (Phi) is 8.25. The fourth-order valence-electron chi connectivity index (χ4n) is 3.24. The molecule has 0 fully saturated rings. The van der Waals surface area contributed by atoms with Gasteiger partial charge in [-0.1, -0.05) is 48.9 Å². The van der Waals surface area contributed by atoms with E-state index >= 15 is 0 Å². The first-order valence-electron chi connectivity index (χ1n) is 10.1. The van der Waals surface area contributed by atoms with Gasteiger partial charge in [-0.05, 0) is 57.4 Å². The van der Waals surface area contributed by atoms with E-state index in [0.29, 0.717) is 18.7 Å². The molecule has 0 aromatic heterocycles. The van der Waals surface area contributed by atoms with E-state index in [-0.39, 0.29) is 24.5 Å². The summed E-state index contributed by atoms with van der Waals surface area (Å²) in [6, 6.07) is 15.0. The molecular weight excluding hydrogens is 364 g/mol. The molecular formula is C24H32N2O3. The molecule has 1 atom stereocenters. The molecule has 29 heavy (non-hydrogen) atoms. The number of amides is 2. The average molecular weight is 397 g/mol. The van der Waals surface area contributed by atoms with E-state index in [1.54, 1.807) is 4.90 Å². The lowest BCUT2D eigenvalue weighted by atomic mass is 10.1. The molecule has 0 aliphatic rings. The Bertz CT molecular complexity index is 832. The summed E-state index contributed by atoms with van der Waals surface area (Å²) in [6.07, 6.45) is 0.528. The number of rotatable bonds is 9. The molecule has 2 rings (SSSR count). The molecule has 156 valence electrons. The number of carbonyl (C=O) groups is 2. The van der Waals surface area contributed by atoms with Crippen LogP contribution in [0.4, 0.5) is 0 Å². The van der Waals surface area contributed by atoms with E-state index in [0.717, 1.165) is 16.7 Å². The van der Waals surface area contributed by atoms with Gasteiger partial charge >= 0.3 is 0 Å². The van der Waals surface area contributed by atoms with Crippen molar-refractivity contribution in [3.05, 3.63) is 65.2 Å². The predicted octanol–water partition coefficient (Wildman–Crippen LogP) is 4.01. The second-order valence-electron chi connectivity index (χ2n) is 7.70. The molecule has 1 N–H and O–H groups in total. The van der Waals surface area contributed by atoms with Gasteiger partial charge in [0.25, 0.3) is 5.91 Å². The standard InChI is InChI=1S/C24H32N2O3/c1-6-22(24(28)25-17(2)3)26(15-20-11-7-9-18(4)13-20)23(27)16-29-21-12-8-10-19(5)14-21/h7-14,17,22H,6,15-16H2,1-5H3,(H,25,28)/t22-/m0/s1. The highest BCUT2D eigenvalue weighted by atomic mass is 16.5. The van der Waals surface area contributed by atoms with Crippen LogP contribution < -0.4 is 10.1 Å². The molecule has 0 saturated heterocycles. The van der Waals surface area contributed by atoms with Crippen LogP contribution in [0.25, 0.3) is 0 Å². The first kappa shape index (κ1) is 22.5. The summed E-state index contributed by atoms with van der Waals surface area (Å²) in [4.78, 5) is 27.5. The van der Waals surface area contributed by atoms with Crippen molar-refractivity contribution in [1.82, 2.24) is 10.2 Å². The van der Waals surface area contributed by atoms with Gasteiger partial charge in [0.1, 0.15) is 11.8 Å². The van der Waals surface area contributed by atoms with Crippen LogP contribution in [-0.2, 0) is 16.1 Å². The van der Waals surface area contributed by atoms with Gasteiger partial charge in [0.15, 0.2) is 6.61 Å². The number of aryl methyl sites for hydroxylation is 2. The minimum atomic E-state index is -0.550. The van der Waals surface area contributed by atoms with Gasteiger partial charge in [-0.25, -0.2) is 0 Å². The molecule has 0 aliphatic heterocycles. The Balaban J connectivity index is 2.21. The summed E-state index contributed by atoms with van der Waals surface area (Å²) in [5, 5.41) is 2.93. The Morgan fingerprint density at radius 2 is 1.69 bits per heavy atom. The Morgan fingerprint density at radius 3 is 2.28 bits per heavy atom. The third-order valence-electron chi connectivity index (χ3n) is 4.60. The van der Waals surface area contributed by atoms with Crippen molar-refractivity contribution in [2.45, 2.75) is 59.7 Å². The van der Waals surface area contributed by atoms with Crippen LogP contribution in [0.5, 0.6) is 5.75 Å². The number of nitrogens with one attached hydrogen (secondary N) is 1. The van der Waals surface area contributed by atoms with Crippen LogP contribution in [0.2, 0.25) is 0 Å². The number of benzene rings is 2. The molecule has 2 aromatic rings. The summed E-state index contributed by atoms with van der Waals surface area (Å²) in [5.41, 5.74) is 3.17. The van der Waals surface area contributed by atoms with Gasteiger partial charge in [-0.15, -0.1) is 0 Å². The summed E-state index contributed by atoms with van der Waals surface area (Å²) in [5.74, 6) is 0.298. The predicted molar refractivity (Wildman–Crippen MR) is 116 cm³/mol. The number of nitrogens with zero attached hydrogens (tertiary/aromatic N) is 1. The second-order valence-corrected chi connectivity index (χ2v) is 7.70. The third kappa shape index (κ3) is 6.93. The van der Waals surface area contributed by atoms with Gasteiger partial charge in [0.05, 0.1) is 0 Å². The summed E-state index contributed by atoms with van der Waals surface area (Å²) in [7, 11) is 0. The first-order chi connectivity index (χ1) is 13.8. The molecule has 0 spiro atoms. The van der Waals surface area contributed by atoms with Crippen LogP contribution >= 0.6 is 0 Å². The fourth-order valence-corrected chi connectivity index (χ4v) is 3.24. The minimum absolute atomic E-state index is 0.0102. The van der Waals surface area contributed by atoms with Crippen molar-refractivity contribution < 1.29 is 14.3 Å². The number of ether oxygens (including phenoxy) is 1. The molecule has 5 heteroatoms. The highest BCUT2D eigenvalue weighted by molar-refractivity contribution is 5.88. The van der Waals surface area contributed by atoms with E-state index in [9.17, 15) is 9.59 Å². The molecule has 0 saturated carbocycles. The summed E-state index contributed by atoms with van der Waals surface area (Å²) >= 11 is 0. The van der Waals surface area contributed by atoms with Gasteiger partial charge in [0, 0.05) is 12.6 Å². The molecule has 0 unspecified atom stereocenters. The summed E-state index contributed by atoms with van der Waals surface area (Å²) < 4.78 is 5.72. The van der Waals surface area contributed by atoms with Crippen molar-refractivity contribution >= 4 is 11.8 Å². The van der Waals surface area contributed by atoms with Gasteiger partial charge in [-0.2, -0.15) is 0 Å². The van der Waals surface area contributed by atoms with E-state index in [1.165, 1.54) is 0 Å². The van der Waals surface area contributed by atoms with Crippen LogP contribution in [-0.4, -0.2) is 35.4 Å². The zero-order valence-corrected chi connectivity index (χ0v) is 18.1. The monoisotopic (exact) mass is 396 g/mol. The van der Waals surface area contributed by atoms with Crippen molar-refractivity contribution in [2.24, 2.45) is 0 Å². The van der Waals surface area contributed by atoms with Crippen LogP contribution in [0, 0.1) is 13.8 Å². The molecule has 0 aliphatic carbocycles. The minimum Gasteiger partial charge on any atom is -0.484 e. The van der Waals surface area contributed by atoms with Crippen LogP contribution in [0.15, 0.2) is 48.5 Å². The lowest BCUT2D eigenvalue weighted by molar-refractivity contribution is -0.143. The van der Waals surface area contributed by atoms with E-state index in [2.05, 4.69) is 5.32 Å². The van der Waals surface area contributed by atoms with Gasteiger partial charge in [-0.3, -0.25) is 9.59 Å². The molecule has 2 amide bonds. The zero-order valence-electron chi connectivity index (χ0n) is 18.1. The maximum Gasteiger partial charge on any atom is 0.261 e. The number of hydrogen-bond donors (Lipinski definition) is 1. The van der Waals surface area contributed by atoms with Crippen LogP contribution in [0.1, 0.15) is 43.9 Å². The third-order valence-corrected chi connectivity index (χ3v) is 4.60. The smallest absolute Gasteiger partial charge is 0.261 e. The van der Waals surface area contributed by atoms with Gasteiger partial charge in [0.2, 0.25) is 5.91 Å². The molecule has 0 bridgehead atoms. The van der Waals surface area contributed by atoms with Crippen molar-refractivity contribution in [1.29, 1.82) is 0 Å². The lowest BCUT2D eigenvalue weighted by Gasteiger charge is -2.31. The molecule has 0 radical (unpaired) electrons. The van der Waals surface area contributed by atoms with Crippen molar-refractivity contribution in [3.63, 3.8) is 0 Å². The van der Waals surface area contributed by atoms with Crippen LogP contribution in [0.3, 0.4) is 0 Å². The molecule has 5 nitrogen and oxygen atoms in total. The maximum atomic E-state index is 13.1. The van der Waals surface area contributed by atoms with Crippen molar-refractivity contribution in [3.8, 4) is 5.75 Å². The van der Waals surface area contributed by atoms with Gasteiger partial charge < -0.3 is 15.0 Å². The number of hydrogen-bond acceptors (Lipinski definition) is 3. The van der Waals surface area contributed by atoms with Crippen molar-refractivity contribution in [2.75, 3.05) is 6.61 Å². The SMILES string of the molecule is CC[C@@H](C(=O)NC(C)C)N(Cc1cccc(C)c1)C(=O)COc1cccc(C)c1. The molecule has 2 aromatic carbocycles. The lowest BCUT2D eigenvalue weighted by Crippen LogP contribution is -2.51. The van der Waals surface area contributed by atoms with E-state index in [1.807, 2.05) is 83.1 Å².